The van der Waals surface area contributed by atoms with Gasteiger partial charge in [0.1, 0.15) is 0 Å². The number of nitrogens with zero attached hydrogens (tertiary/aromatic N) is 3. The third-order valence-electron chi connectivity index (χ3n) is 3.19. The van der Waals surface area contributed by atoms with Crippen LogP contribution in [0.1, 0.15) is 25.7 Å². The van der Waals surface area contributed by atoms with Gasteiger partial charge in [-0.2, -0.15) is 0 Å². The van der Waals surface area contributed by atoms with Crippen LogP contribution in [-0.2, 0) is 0 Å². The van der Waals surface area contributed by atoms with Crippen molar-refractivity contribution in [2.45, 2.75) is 25.7 Å². The lowest BCUT2D eigenvalue weighted by atomic mass is 10.3. The van der Waals surface area contributed by atoms with E-state index >= 15 is 0 Å². The van der Waals surface area contributed by atoms with E-state index in [1.165, 1.54) is 38.8 Å². The molecule has 0 N–H and O–H groups in total. The zero-order chi connectivity index (χ0) is 10.1. The zero-order valence-corrected chi connectivity index (χ0v) is 8.97. The highest BCUT2D eigenvalue weighted by Gasteiger charge is 2.30. The van der Waals surface area contributed by atoms with Crippen molar-refractivity contribution < 1.29 is 0 Å². The molecule has 0 saturated heterocycles. The molecule has 3 heteroatoms. The van der Waals surface area contributed by atoms with Crippen molar-refractivity contribution >= 4 is 5.95 Å². The molecule has 1 aromatic heterocycles. The SMILES string of the molecule is c1cnc(N(CC2CC2)CC2CC2)nc1. The van der Waals surface area contributed by atoms with Gasteiger partial charge in [0.2, 0.25) is 5.95 Å². The summed E-state index contributed by atoms with van der Waals surface area (Å²) < 4.78 is 0. The van der Waals surface area contributed by atoms with Crippen LogP contribution in [0.4, 0.5) is 5.95 Å². The predicted molar refractivity (Wildman–Crippen MR) is 59.7 cm³/mol. The molecule has 0 spiro atoms. The molecule has 0 amide bonds. The van der Waals surface area contributed by atoms with Gasteiger partial charge in [0.25, 0.3) is 0 Å². The van der Waals surface area contributed by atoms with E-state index in [1.54, 1.807) is 0 Å². The Labute approximate surface area is 90.5 Å². The van der Waals surface area contributed by atoms with E-state index in [0.29, 0.717) is 0 Å². The molecule has 2 aliphatic carbocycles. The lowest BCUT2D eigenvalue weighted by molar-refractivity contribution is 0.662. The molecule has 15 heavy (non-hydrogen) atoms. The van der Waals surface area contributed by atoms with Gasteiger partial charge in [0.15, 0.2) is 0 Å². The maximum Gasteiger partial charge on any atom is 0.225 e. The maximum absolute atomic E-state index is 4.36. The van der Waals surface area contributed by atoms with E-state index in [1.807, 2.05) is 18.5 Å². The maximum atomic E-state index is 4.36. The molecule has 3 rings (SSSR count). The van der Waals surface area contributed by atoms with Gasteiger partial charge in [0.05, 0.1) is 0 Å². The van der Waals surface area contributed by atoms with Gasteiger partial charge in [-0.15, -0.1) is 0 Å². The molecule has 80 valence electrons. The number of hydrogen-bond acceptors (Lipinski definition) is 3. The minimum Gasteiger partial charge on any atom is -0.340 e. The number of aromatic nitrogens is 2. The van der Waals surface area contributed by atoms with E-state index < -0.39 is 0 Å². The molecule has 1 aromatic rings. The summed E-state index contributed by atoms with van der Waals surface area (Å²) >= 11 is 0. The minimum absolute atomic E-state index is 0.910. The summed E-state index contributed by atoms with van der Waals surface area (Å²) in [5, 5.41) is 0. The quantitative estimate of drug-likeness (QED) is 0.734. The van der Waals surface area contributed by atoms with Gasteiger partial charge in [-0.3, -0.25) is 0 Å². The van der Waals surface area contributed by atoms with Crippen molar-refractivity contribution in [2.75, 3.05) is 18.0 Å². The Bertz CT molecular complexity index is 303. The highest BCUT2D eigenvalue weighted by Crippen LogP contribution is 2.34. The van der Waals surface area contributed by atoms with E-state index in [2.05, 4.69) is 14.9 Å². The fourth-order valence-electron chi connectivity index (χ4n) is 1.92. The third-order valence-corrected chi connectivity index (χ3v) is 3.19. The molecular weight excluding hydrogens is 186 g/mol. The summed E-state index contributed by atoms with van der Waals surface area (Å²) in [5.41, 5.74) is 0. The highest BCUT2D eigenvalue weighted by molar-refractivity contribution is 5.29. The zero-order valence-electron chi connectivity index (χ0n) is 8.97. The lowest BCUT2D eigenvalue weighted by Crippen LogP contribution is -2.29. The first-order valence-electron chi connectivity index (χ1n) is 5.94. The van der Waals surface area contributed by atoms with E-state index in [-0.39, 0.29) is 0 Å². The van der Waals surface area contributed by atoms with Crippen molar-refractivity contribution in [1.82, 2.24) is 9.97 Å². The molecule has 2 saturated carbocycles. The fraction of sp³-hybridized carbons (Fsp3) is 0.667. The van der Waals surface area contributed by atoms with Crippen molar-refractivity contribution in [3.63, 3.8) is 0 Å². The predicted octanol–water partition coefficient (Wildman–Crippen LogP) is 2.10. The Morgan fingerprint density at radius 3 is 2.00 bits per heavy atom. The molecule has 2 fully saturated rings. The number of anilines is 1. The van der Waals surface area contributed by atoms with Crippen molar-refractivity contribution in [3.05, 3.63) is 18.5 Å². The Morgan fingerprint density at radius 2 is 1.53 bits per heavy atom. The van der Waals surface area contributed by atoms with Gasteiger partial charge < -0.3 is 4.90 Å². The smallest absolute Gasteiger partial charge is 0.225 e. The third kappa shape index (κ3) is 2.46. The summed E-state index contributed by atoms with van der Waals surface area (Å²) in [7, 11) is 0. The Balaban J connectivity index is 1.69. The fourth-order valence-corrected chi connectivity index (χ4v) is 1.92. The van der Waals surface area contributed by atoms with Gasteiger partial charge >= 0.3 is 0 Å². The summed E-state index contributed by atoms with van der Waals surface area (Å²) in [5.74, 6) is 2.75. The molecule has 0 radical (unpaired) electrons. The first kappa shape index (κ1) is 9.13. The van der Waals surface area contributed by atoms with Crippen LogP contribution in [0.3, 0.4) is 0 Å². The standard InChI is InChI=1S/C12H17N3/c1-6-13-12(14-7-1)15(8-10-2-3-10)9-11-4-5-11/h1,6-7,10-11H,2-5,8-9H2. The average Bonchev–Trinajstić information content (AvgIpc) is 3.13. The van der Waals surface area contributed by atoms with Crippen LogP contribution in [0, 0.1) is 11.8 Å². The summed E-state index contributed by atoms with van der Waals surface area (Å²) in [6.07, 6.45) is 9.27. The topological polar surface area (TPSA) is 29.0 Å². The average molecular weight is 203 g/mol. The van der Waals surface area contributed by atoms with Crippen molar-refractivity contribution in [2.24, 2.45) is 11.8 Å². The molecule has 2 aliphatic rings. The lowest BCUT2D eigenvalue weighted by Gasteiger charge is -2.21. The molecule has 0 bridgehead atoms. The molecular formula is C12H17N3. The highest BCUT2D eigenvalue weighted by atomic mass is 15.3. The van der Waals surface area contributed by atoms with Gasteiger partial charge in [0, 0.05) is 25.5 Å². The van der Waals surface area contributed by atoms with Gasteiger partial charge in [-0.1, -0.05) is 0 Å². The van der Waals surface area contributed by atoms with E-state index in [0.717, 1.165) is 17.8 Å². The van der Waals surface area contributed by atoms with Crippen molar-refractivity contribution in [3.8, 4) is 0 Å². The Hall–Kier alpha value is -1.12. The van der Waals surface area contributed by atoms with Gasteiger partial charge in [-0.25, -0.2) is 9.97 Å². The molecule has 0 unspecified atom stereocenters. The normalized spacial score (nSPS) is 20.3. The number of rotatable bonds is 5. The van der Waals surface area contributed by atoms with Crippen LogP contribution in [0.2, 0.25) is 0 Å². The summed E-state index contributed by atoms with van der Waals surface area (Å²) in [4.78, 5) is 11.1. The molecule has 0 atom stereocenters. The van der Waals surface area contributed by atoms with Crippen LogP contribution in [-0.4, -0.2) is 23.1 Å². The van der Waals surface area contributed by atoms with Crippen LogP contribution < -0.4 is 4.90 Å². The Morgan fingerprint density at radius 1 is 1.00 bits per heavy atom. The molecule has 1 heterocycles. The minimum atomic E-state index is 0.910. The number of hydrogen-bond donors (Lipinski definition) is 0. The van der Waals surface area contributed by atoms with E-state index in [9.17, 15) is 0 Å². The second-order valence-electron chi connectivity index (χ2n) is 4.84. The summed E-state index contributed by atoms with van der Waals surface area (Å²) in [6, 6.07) is 1.88. The first-order chi connectivity index (χ1) is 7.42. The van der Waals surface area contributed by atoms with Gasteiger partial charge in [-0.05, 0) is 43.6 Å². The second-order valence-corrected chi connectivity index (χ2v) is 4.84. The molecule has 0 aliphatic heterocycles. The first-order valence-corrected chi connectivity index (χ1v) is 5.94. The second kappa shape index (κ2) is 3.80. The van der Waals surface area contributed by atoms with Crippen LogP contribution >= 0.6 is 0 Å². The molecule has 0 aromatic carbocycles. The van der Waals surface area contributed by atoms with E-state index in [4.69, 9.17) is 0 Å². The van der Waals surface area contributed by atoms with Crippen LogP contribution in [0.15, 0.2) is 18.5 Å². The van der Waals surface area contributed by atoms with Crippen molar-refractivity contribution in [1.29, 1.82) is 0 Å². The molecule has 3 nitrogen and oxygen atoms in total. The van der Waals surface area contributed by atoms with Crippen LogP contribution in [0.25, 0.3) is 0 Å². The largest absolute Gasteiger partial charge is 0.340 e. The summed E-state index contributed by atoms with van der Waals surface area (Å²) in [6.45, 7) is 2.33. The van der Waals surface area contributed by atoms with Crippen LogP contribution in [0.5, 0.6) is 0 Å². The Kier molecular flexibility index (Phi) is 2.31. The monoisotopic (exact) mass is 203 g/mol.